The van der Waals surface area contributed by atoms with E-state index in [2.05, 4.69) is 43.7 Å². The standard InChI is InChI=1S/C17H20F6O8.C8H14O5.C3H3ClF2O.C3H4F2O2/c1-8(2)11(24)30-9(6-28-12(25)15(3,18)19)10(31-14(27)17(5,22)23)7-29-13(26)16(4,20)21;1-5(2)8(12)13-7(4-10)6(11)3-9;1-3(5,6)2(4)7;1-3(4,5)2(6)7/h9-10H,1,6-7H2,2-5H3;6-7,9-11H,1,3-4H2,2H3;1H3;1H3,(H,6,7). The maximum atomic E-state index is 13.2. The van der Waals surface area contributed by atoms with Gasteiger partial charge >= 0.3 is 65.4 Å². The number of aliphatic hydroxyl groups is 3. The molecule has 0 aliphatic rings. The van der Waals surface area contributed by atoms with E-state index in [-0.39, 0.29) is 31.9 Å². The Morgan fingerprint density at radius 3 is 1.03 bits per heavy atom. The summed E-state index contributed by atoms with van der Waals surface area (Å²) in [6.07, 6.45) is -6.73. The van der Waals surface area contributed by atoms with Crippen molar-refractivity contribution < 1.29 is 122 Å². The number of ether oxygens (including phenoxy) is 5. The first-order valence-electron chi connectivity index (χ1n) is 15.2. The molecule has 0 saturated carbocycles. The van der Waals surface area contributed by atoms with Gasteiger partial charge in [-0.15, -0.1) is 0 Å². The van der Waals surface area contributed by atoms with Gasteiger partial charge < -0.3 is 44.1 Å². The van der Waals surface area contributed by atoms with E-state index in [0.717, 1.165) is 6.92 Å². The first kappa shape index (κ1) is 60.1. The summed E-state index contributed by atoms with van der Waals surface area (Å²) < 4.78 is 146. The topological polar surface area (TPSA) is 247 Å². The second-order valence-corrected chi connectivity index (χ2v) is 11.9. The molecule has 0 aromatic heterocycles. The number of esters is 5. The van der Waals surface area contributed by atoms with Gasteiger partial charge in [-0.05, 0) is 25.4 Å². The van der Waals surface area contributed by atoms with Crippen molar-refractivity contribution in [3.63, 3.8) is 0 Å². The zero-order valence-electron chi connectivity index (χ0n) is 31.4. The quantitative estimate of drug-likeness (QED) is 0.0506. The Morgan fingerprint density at radius 1 is 0.552 bits per heavy atom. The van der Waals surface area contributed by atoms with Crippen LogP contribution in [-0.2, 0) is 57.2 Å². The van der Waals surface area contributed by atoms with Crippen LogP contribution in [0, 0.1) is 0 Å². The monoisotopic (exact) mass is 894 g/mol. The van der Waals surface area contributed by atoms with Gasteiger partial charge in [-0.1, -0.05) is 13.2 Å². The average molecular weight is 895 g/mol. The maximum absolute atomic E-state index is 13.2. The van der Waals surface area contributed by atoms with Gasteiger partial charge in [0.2, 0.25) is 0 Å². The Hall–Kier alpha value is -4.56. The van der Waals surface area contributed by atoms with Crippen molar-refractivity contribution in [2.45, 2.75) is 102 Å². The molecular weight excluding hydrogens is 854 g/mol. The number of halogens is 11. The number of hydrogen-bond donors (Lipinski definition) is 4. The van der Waals surface area contributed by atoms with Crippen molar-refractivity contribution in [3.05, 3.63) is 24.3 Å². The first-order valence-corrected chi connectivity index (χ1v) is 15.6. The fourth-order valence-corrected chi connectivity index (χ4v) is 2.08. The number of carboxylic acids is 1. The highest BCUT2D eigenvalue weighted by Gasteiger charge is 2.43. The third-order valence-electron chi connectivity index (χ3n) is 5.24. The van der Waals surface area contributed by atoms with E-state index in [1.807, 2.05) is 0 Å². The third kappa shape index (κ3) is 28.8. The lowest BCUT2D eigenvalue weighted by molar-refractivity contribution is -0.200. The van der Waals surface area contributed by atoms with E-state index < -0.39 is 122 Å². The van der Waals surface area contributed by atoms with Gasteiger partial charge in [0.15, 0.2) is 18.3 Å². The molecule has 58 heavy (non-hydrogen) atoms. The lowest BCUT2D eigenvalue weighted by Gasteiger charge is -2.28. The molecular formula is C31H41ClF10O16. The van der Waals surface area contributed by atoms with Crippen molar-refractivity contribution in [3.8, 4) is 0 Å². The summed E-state index contributed by atoms with van der Waals surface area (Å²) in [6, 6.07) is 0. The predicted octanol–water partition coefficient (Wildman–Crippen LogP) is 3.39. The van der Waals surface area contributed by atoms with Gasteiger partial charge in [0, 0.05) is 45.8 Å². The number of alkyl halides is 10. The molecule has 0 spiro atoms. The van der Waals surface area contributed by atoms with Crippen LogP contribution in [-0.4, -0.2) is 142 Å². The molecule has 0 radical (unpaired) electrons. The van der Waals surface area contributed by atoms with E-state index in [9.17, 15) is 77.5 Å². The lowest BCUT2D eigenvalue weighted by atomic mass is 10.2. The molecule has 4 atom stereocenters. The first-order chi connectivity index (χ1) is 25.7. The van der Waals surface area contributed by atoms with Crippen LogP contribution >= 0.6 is 11.6 Å². The Labute approximate surface area is 327 Å². The number of carbonyl (C=O) groups excluding carboxylic acids is 6. The van der Waals surface area contributed by atoms with Crippen LogP contribution in [0.1, 0.15) is 48.5 Å². The number of aliphatic hydroxyl groups excluding tert-OH is 3. The summed E-state index contributed by atoms with van der Waals surface area (Å²) >= 11 is 4.36. The van der Waals surface area contributed by atoms with Crippen LogP contribution in [0.5, 0.6) is 0 Å². The molecule has 0 saturated heterocycles. The van der Waals surface area contributed by atoms with Gasteiger partial charge in [-0.25, -0.2) is 28.8 Å². The highest BCUT2D eigenvalue weighted by molar-refractivity contribution is 6.65. The zero-order valence-corrected chi connectivity index (χ0v) is 32.2. The minimum Gasteiger partial charge on any atom is -0.477 e. The van der Waals surface area contributed by atoms with Crippen LogP contribution in [0.3, 0.4) is 0 Å². The van der Waals surface area contributed by atoms with Crippen molar-refractivity contribution in [2.75, 3.05) is 26.4 Å². The summed E-state index contributed by atoms with van der Waals surface area (Å²) in [5.41, 5.74) is -0.135. The molecule has 0 fully saturated rings. The van der Waals surface area contributed by atoms with Gasteiger partial charge in [-0.2, -0.15) is 43.9 Å². The smallest absolute Gasteiger partial charge is 0.377 e. The van der Waals surface area contributed by atoms with Gasteiger partial charge in [0.1, 0.15) is 19.3 Å². The Kier molecular flexibility index (Phi) is 26.7. The van der Waals surface area contributed by atoms with Crippen molar-refractivity contribution >= 4 is 52.7 Å². The largest absolute Gasteiger partial charge is 0.477 e. The van der Waals surface area contributed by atoms with E-state index in [1.165, 1.54) is 6.92 Å². The van der Waals surface area contributed by atoms with Crippen LogP contribution in [0.25, 0.3) is 0 Å². The normalized spacial score (nSPS) is 13.6. The Bertz CT molecular complexity index is 1390. The second kappa shape index (κ2) is 25.7. The molecule has 4 N–H and O–H groups in total. The van der Waals surface area contributed by atoms with Gasteiger partial charge in [0.05, 0.1) is 13.2 Å². The fourth-order valence-electron chi connectivity index (χ4n) is 2.08. The minimum absolute atomic E-state index is 0.102. The molecule has 4 unspecified atom stereocenters. The van der Waals surface area contributed by atoms with E-state index >= 15 is 0 Å². The number of hydrogen-bond acceptors (Lipinski definition) is 15. The second-order valence-electron chi connectivity index (χ2n) is 11.5. The maximum Gasteiger partial charge on any atom is 0.377 e. The number of carbonyl (C=O) groups is 7. The third-order valence-corrected chi connectivity index (χ3v) is 5.57. The molecule has 338 valence electrons. The van der Waals surface area contributed by atoms with Gasteiger partial charge in [-0.3, -0.25) is 4.79 Å². The minimum atomic E-state index is -4.13. The molecule has 0 aromatic rings. The molecule has 0 aliphatic heterocycles. The average Bonchev–Trinajstić information content (AvgIpc) is 3.04. The fraction of sp³-hybridized carbons (Fsp3) is 0.645. The van der Waals surface area contributed by atoms with Crippen LogP contribution < -0.4 is 0 Å². The van der Waals surface area contributed by atoms with Crippen LogP contribution in [0.15, 0.2) is 24.3 Å². The molecule has 16 nitrogen and oxygen atoms in total. The highest BCUT2D eigenvalue weighted by Crippen LogP contribution is 2.21. The van der Waals surface area contributed by atoms with E-state index in [1.54, 1.807) is 0 Å². The van der Waals surface area contributed by atoms with Crippen molar-refractivity contribution in [1.82, 2.24) is 0 Å². The van der Waals surface area contributed by atoms with Crippen LogP contribution in [0.2, 0.25) is 0 Å². The lowest BCUT2D eigenvalue weighted by Crippen LogP contribution is -2.46. The molecule has 0 rings (SSSR count). The molecule has 27 heteroatoms. The molecule has 0 aliphatic carbocycles. The van der Waals surface area contributed by atoms with E-state index in [0.29, 0.717) is 13.8 Å². The summed E-state index contributed by atoms with van der Waals surface area (Å²) in [4.78, 5) is 75.4. The Balaban J connectivity index is -0.000000436. The predicted molar refractivity (Wildman–Crippen MR) is 173 cm³/mol. The SMILES string of the molecule is C=C(C)C(=O)OC(CO)C(O)CO.C=C(C)C(=O)OC(COC(=O)C(C)(F)F)C(COC(=O)C(C)(F)F)OC(=O)C(C)(F)F.CC(F)(F)C(=O)Cl.CC(F)(F)C(=O)O. The zero-order chi connectivity index (χ0) is 47.4. The Morgan fingerprint density at radius 2 is 0.828 bits per heavy atom. The number of carboxylic acid groups (broad SMARTS) is 1. The summed E-state index contributed by atoms with van der Waals surface area (Å²) in [7, 11) is 0. The highest BCUT2D eigenvalue weighted by atomic mass is 35.5. The summed E-state index contributed by atoms with van der Waals surface area (Å²) in [6.45, 7) is 6.47. The van der Waals surface area contributed by atoms with E-state index in [4.69, 9.17) is 25.2 Å². The summed E-state index contributed by atoms with van der Waals surface area (Å²) in [5, 5.41) is 32.1. The van der Waals surface area contributed by atoms with Gasteiger partial charge in [0.25, 0.3) is 5.24 Å². The molecule has 0 amide bonds. The molecule has 0 heterocycles. The molecule has 0 bridgehead atoms. The van der Waals surface area contributed by atoms with Crippen LogP contribution in [0.4, 0.5) is 43.9 Å². The number of aliphatic carboxylic acids is 1. The van der Waals surface area contributed by atoms with Crippen molar-refractivity contribution in [1.29, 1.82) is 0 Å². The van der Waals surface area contributed by atoms with Crippen molar-refractivity contribution in [2.24, 2.45) is 0 Å². The number of rotatable bonds is 18. The molecule has 0 aromatic carbocycles. The summed E-state index contributed by atoms with van der Waals surface area (Å²) in [5.74, 6) is -29.8.